The lowest BCUT2D eigenvalue weighted by atomic mass is 9.96. The number of nitrogens with one attached hydrogen (secondary N) is 2. The van der Waals surface area contributed by atoms with Gasteiger partial charge in [0.1, 0.15) is 6.10 Å². The lowest BCUT2D eigenvalue weighted by molar-refractivity contribution is 0.198. The molecule has 0 radical (unpaired) electrons. The molecule has 0 aliphatic heterocycles. The molecule has 2 aliphatic rings. The van der Waals surface area contributed by atoms with Crippen LogP contribution in [0.3, 0.4) is 0 Å². The van der Waals surface area contributed by atoms with Crippen LogP contribution in [0.2, 0.25) is 0 Å². The minimum Gasteiger partial charge on any atom is -0.474 e. The Bertz CT molecular complexity index is 768. The topological polar surface area (TPSA) is 63.2 Å². The zero-order chi connectivity index (χ0) is 18.5. The number of rotatable bonds is 7. The van der Waals surface area contributed by atoms with Gasteiger partial charge in [-0.1, -0.05) is 36.4 Å². The van der Waals surface area contributed by atoms with Crippen LogP contribution in [0.25, 0.3) is 0 Å². The van der Waals surface area contributed by atoms with Gasteiger partial charge in [-0.05, 0) is 50.2 Å². The summed E-state index contributed by atoms with van der Waals surface area (Å²) in [5, 5.41) is 5.98. The number of aromatic nitrogens is 1. The van der Waals surface area contributed by atoms with Gasteiger partial charge in [-0.25, -0.2) is 9.78 Å². The fraction of sp³-hybridized carbons (Fsp3) is 0.455. The highest BCUT2D eigenvalue weighted by molar-refractivity contribution is 5.74. The summed E-state index contributed by atoms with van der Waals surface area (Å²) in [6, 6.07) is 14.1. The van der Waals surface area contributed by atoms with Crippen molar-refractivity contribution in [1.29, 1.82) is 0 Å². The van der Waals surface area contributed by atoms with Gasteiger partial charge in [-0.2, -0.15) is 0 Å². The maximum atomic E-state index is 12.3. The summed E-state index contributed by atoms with van der Waals surface area (Å²) >= 11 is 0. The molecule has 2 saturated carbocycles. The zero-order valence-corrected chi connectivity index (χ0v) is 15.6. The van der Waals surface area contributed by atoms with E-state index in [1.807, 2.05) is 18.2 Å². The van der Waals surface area contributed by atoms with Crippen LogP contribution in [-0.4, -0.2) is 23.7 Å². The molecule has 2 fully saturated rings. The molecular weight excluding hydrogens is 338 g/mol. The SMILES string of the molecule is O=C(NCc1cccnc1OC1CCCC1)NCC1(c2ccccc2)CC1. The molecule has 1 heterocycles. The van der Waals surface area contributed by atoms with Crippen LogP contribution in [0.15, 0.2) is 48.7 Å². The van der Waals surface area contributed by atoms with Crippen LogP contribution in [-0.2, 0) is 12.0 Å². The third kappa shape index (κ3) is 4.41. The summed E-state index contributed by atoms with van der Waals surface area (Å²) in [5.41, 5.74) is 2.34. The van der Waals surface area contributed by atoms with E-state index < -0.39 is 0 Å². The highest BCUT2D eigenvalue weighted by Crippen LogP contribution is 2.47. The lowest BCUT2D eigenvalue weighted by Gasteiger charge is -2.18. The predicted octanol–water partition coefficient (Wildman–Crippen LogP) is 3.93. The first-order chi connectivity index (χ1) is 13.3. The minimum atomic E-state index is -0.145. The summed E-state index contributed by atoms with van der Waals surface area (Å²) in [7, 11) is 0. The number of carbonyl (C=O) groups is 1. The van der Waals surface area contributed by atoms with Crippen molar-refractivity contribution >= 4 is 6.03 Å². The number of amides is 2. The van der Waals surface area contributed by atoms with Crippen molar-refractivity contribution in [2.75, 3.05) is 6.54 Å². The summed E-state index contributed by atoms with van der Waals surface area (Å²) in [6.45, 7) is 1.08. The van der Waals surface area contributed by atoms with Crippen LogP contribution in [0.1, 0.15) is 49.7 Å². The molecule has 0 spiro atoms. The normalized spacial score (nSPS) is 18.1. The molecule has 142 valence electrons. The number of nitrogens with zero attached hydrogens (tertiary/aromatic N) is 1. The lowest BCUT2D eigenvalue weighted by Crippen LogP contribution is -2.39. The van der Waals surface area contributed by atoms with E-state index in [9.17, 15) is 4.79 Å². The Labute approximate surface area is 160 Å². The van der Waals surface area contributed by atoms with Crippen LogP contribution in [0.5, 0.6) is 5.88 Å². The van der Waals surface area contributed by atoms with Crippen LogP contribution in [0.4, 0.5) is 4.79 Å². The number of ether oxygens (including phenoxy) is 1. The molecular formula is C22H27N3O2. The minimum absolute atomic E-state index is 0.115. The molecule has 2 aromatic rings. The molecule has 1 aromatic carbocycles. The molecule has 2 N–H and O–H groups in total. The van der Waals surface area contributed by atoms with Crippen molar-refractivity contribution in [2.45, 2.75) is 56.6 Å². The molecule has 0 unspecified atom stereocenters. The van der Waals surface area contributed by atoms with Crippen molar-refractivity contribution in [3.63, 3.8) is 0 Å². The number of benzene rings is 1. The smallest absolute Gasteiger partial charge is 0.315 e. The molecule has 2 amide bonds. The highest BCUT2D eigenvalue weighted by Gasteiger charge is 2.44. The Morgan fingerprint density at radius 2 is 1.85 bits per heavy atom. The van der Waals surface area contributed by atoms with E-state index in [2.05, 4.69) is 39.9 Å². The van der Waals surface area contributed by atoms with E-state index in [4.69, 9.17) is 4.74 Å². The first-order valence-corrected chi connectivity index (χ1v) is 9.93. The average molecular weight is 365 g/mol. The Hall–Kier alpha value is -2.56. The first kappa shape index (κ1) is 17.8. The van der Waals surface area contributed by atoms with Crippen molar-refractivity contribution in [3.8, 4) is 5.88 Å². The molecule has 2 aliphatic carbocycles. The number of pyridine rings is 1. The van der Waals surface area contributed by atoms with E-state index in [1.165, 1.54) is 18.4 Å². The third-order valence-electron chi connectivity index (χ3n) is 5.70. The first-order valence-electron chi connectivity index (χ1n) is 9.93. The summed E-state index contributed by atoms with van der Waals surface area (Å²) in [5.74, 6) is 0.646. The number of hydrogen-bond acceptors (Lipinski definition) is 3. The summed E-state index contributed by atoms with van der Waals surface area (Å²) in [4.78, 5) is 16.7. The Balaban J connectivity index is 1.28. The molecule has 0 saturated heterocycles. The van der Waals surface area contributed by atoms with Crippen molar-refractivity contribution in [2.24, 2.45) is 0 Å². The van der Waals surface area contributed by atoms with Gasteiger partial charge in [0.25, 0.3) is 0 Å². The van der Waals surface area contributed by atoms with Gasteiger partial charge in [-0.3, -0.25) is 0 Å². The van der Waals surface area contributed by atoms with Gasteiger partial charge in [0.05, 0.1) is 0 Å². The standard InChI is InChI=1S/C22H27N3O2/c26-21(25-16-22(12-13-22)18-8-2-1-3-9-18)24-15-17-7-6-14-23-20(17)27-19-10-4-5-11-19/h1-3,6-9,14,19H,4-5,10-13,15-16H2,(H2,24,25,26). The highest BCUT2D eigenvalue weighted by atomic mass is 16.5. The number of carbonyl (C=O) groups excluding carboxylic acids is 1. The van der Waals surface area contributed by atoms with E-state index in [0.717, 1.165) is 31.2 Å². The fourth-order valence-electron chi connectivity index (χ4n) is 3.83. The van der Waals surface area contributed by atoms with Crippen molar-refractivity contribution in [3.05, 3.63) is 59.8 Å². The van der Waals surface area contributed by atoms with Gasteiger partial charge in [0.2, 0.25) is 5.88 Å². The van der Waals surface area contributed by atoms with Gasteiger partial charge >= 0.3 is 6.03 Å². The maximum Gasteiger partial charge on any atom is 0.315 e. The monoisotopic (exact) mass is 365 g/mol. The fourth-order valence-corrected chi connectivity index (χ4v) is 3.83. The summed E-state index contributed by atoms with van der Waals surface area (Å²) in [6.07, 6.45) is 8.86. The molecule has 1 aromatic heterocycles. The third-order valence-corrected chi connectivity index (χ3v) is 5.70. The van der Waals surface area contributed by atoms with Gasteiger partial charge in [0.15, 0.2) is 0 Å². The zero-order valence-electron chi connectivity index (χ0n) is 15.6. The van der Waals surface area contributed by atoms with E-state index in [0.29, 0.717) is 19.0 Å². The largest absolute Gasteiger partial charge is 0.474 e. The summed E-state index contributed by atoms with van der Waals surface area (Å²) < 4.78 is 6.04. The second-order valence-electron chi connectivity index (χ2n) is 7.67. The maximum absolute atomic E-state index is 12.3. The van der Waals surface area contributed by atoms with Crippen LogP contribution >= 0.6 is 0 Å². The van der Waals surface area contributed by atoms with E-state index in [1.54, 1.807) is 6.20 Å². The second kappa shape index (κ2) is 7.99. The van der Waals surface area contributed by atoms with Gasteiger partial charge < -0.3 is 15.4 Å². The molecule has 27 heavy (non-hydrogen) atoms. The Kier molecular flexibility index (Phi) is 5.28. The quantitative estimate of drug-likeness (QED) is 0.781. The molecule has 5 nitrogen and oxygen atoms in total. The number of hydrogen-bond donors (Lipinski definition) is 2. The average Bonchev–Trinajstić information content (AvgIpc) is 3.34. The molecule has 5 heteroatoms. The molecule has 0 atom stereocenters. The Morgan fingerprint density at radius 3 is 2.59 bits per heavy atom. The predicted molar refractivity (Wildman–Crippen MR) is 105 cm³/mol. The van der Waals surface area contributed by atoms with Crippen LogP contribution in [0, 0.1) is 0 Å². The van der Waals surface area contributed by atoms with Gasteiger partial charge in [-0.15, -0.1) is 0 Å². The van der Waals surface area contributed by atoms with Crippen molar-refractivity contribution in [1.82, 2.24) is 15.6 Å². The number of urea groups is 1. The van der Waals surface area contributed by atoms with E-state index >= 15 is 0 Å². The van der Waals surface area contributed by atoms with Crippen molar-refractivity contribution < 1.29 is 9.53 Å². The van der Waals surface area contributed by atoms with E-state index in [-0.39, 0.29) is 17.6 Å². The molecule has 0 bridgehead atoms. The second-order valence-corrected chi connectivity index (χ2v) is 7.67. The van der Waals surface area contributed by atoms with Crippen LogP contribution < -0.4 is 15.4 Å². The van der Waals surface area contributed by atoms with Gasteiger partial charge in [0, 0.05) is 30.3 Å². The molecule has 4 rings (SSSR count). The Morgan fingerprint density at radius 1 is 1.07 bits per heavy atom.